The van der Waals surface area contributed by atoms with Crippen molar-refractivity contribution in [1.82, 2.24) is 0 Å². The van der Waals surface area contributed by atoms with Gasteiger partial charge in [-0.2, -0.15) is 0 Å². The highest BCUT2D eigenvalue weighted by molar-refractivity contribution is 6.32. The Morgan fingerprint density at radius 2 is 1.86 bits per heavy atom. The first-order valence-electron chi connectivity index (χ1n) is 6.42. The van der Waals surface area contributed by atoms with Crippen LogP contribution in [0.5, 0.6) is 5.75 Å². The number of hydrogen-bond acceptors (Lipinski definition) is 4. The lowest BCUT2D eigenvalue weighted by Crippen LogP contribution is -2.08. The summed E-state index contributed by atoms with van der Waals surface area (Å²) in [6, 6.07) is 12.7. The second-order valence-electron chi connectivity index (χ2n) is 4.47. The van der Waals surface area contributed by atoms with Crippen LogP contribution >= 0.6 is 11.6 Å². The average molecular weight is 306 g/mol. The second kappa shape index (κ2) is 6.99. The van der Waals surface area contributed by atoms with Crippen molar-refractivity contribution in [3.05, 3.63) is 58.6 Å². The van der Waals surface area contributed by atoms with Crippen molar-refractivity contribution in [2.24, 2.45) is 0 Å². The van der Waals surface area contributed by atoms with E-state index in [1.165, 1.54) is 7.11 Å². The molecule has 0 saturated carbocycles. The monoisotopic (exact) mass is 305 g/mol. The molecule has 0 amide bonds. The molecule has 0 saturated heterocycles. The van der Waals surface area contributed by atoms with Crippen molar-refractivity contribution in [3.8, 4) is 5.75 Å². The van der Waals surface area contributed by atoms with E-state index in [1.54, 1.807) is 18.2 Å². The van der Waals surface area contributed by atoms with Gasteiger partial charge in [0.05, 0.1) is 24.2 Å². The molecule has 0 bridgehead atoms. The van der Waals surface area contributed by atoms with Gasteiger partial charge in [-0.3, -0.25) is 4.79 Å². The van der Waals surface area contributed by atoms with Crippen molar-refractivity contribution >= 4 is 23.3 Å². The van der Waals surface area contributed by atoms with Crippen molar-refractivity contribution < 1.29 is 14.3 Å². The van der Waals surface area contributed by atoms with Gasteiger partial charge in [-0.25, -0.2) is 0 Å². The zero-order valence-electron chi connectivity index (χ0n) is 11.6. The Kier molecular flexibility index (Phi) is 5.06. The molecule has 21 heavy (non-hydrogen) atoms. The zero-order valence-corrected chi connectivity index (χ0v) is 12.4. The topological polar surface area (TPSA) is 61.5 Å². The van der Waals surface area contributed by atoms with Crippen LogP contribution in [0.15, 0.2) is 42.5 Å². The number of methoxy groups -OCH3 is 1. The molecule has 0 aliphatic carbocycles. The van der Waals surface area contributed by atoms with Crippen LogP contribution in [0.2, 0.25) is 5.02 Å². The number of ether oxygens (including phenoxy) is 2. The molecule has 5 heteroatoms. The number of para-hydroxylation sites is 1. The molecule has 2 N–H and O–H groups in total. The van der Waals surface area contributed by atoms with Gasteiger partial charge in [0.25, 0.3) is 0 Å². The Hall–Kier alpha value is -2.20. The van der Waals surface area contributed by atoms with Crippen LogP contribution in [0.1, 0.15) is 11.1 Å². The quantitative estimate of drug-likeness (QED) is 0.680. The molecule has 2 rings (SSSR count). The fourth-order valence-corrected chi connectivity index (χ4v) is 2.16. The number of nitrogen functional groups attached to an aromatic ring is 1. The highest BCUT2D eigenvalue weighted by Crippen LogP contribution is 2.31. The average Bonchev–Trinajstić information content (AvgIpc) is 2.48. The molecule has 2 aromatic carbocycles. The van der Waals surface area contributed by atoms with E-state index in [-0.39, 0.29) is 19.0 Å². The van der Waals surface area contributed by atoms with E-state index in [4.69, 9.17) is 22.1 Å². The highest BCUT2D eigenvalue weighted by Gasteiger charge is 2.10. The molecule has 0 atom stereocenters. The minimum absolute atomic E-state index is 0.202. The molecule has 0 spiro atoms. The van der Waals surface area contributed by atoms with Gasteiger partial charge in [0.2, 0.25) is 0 Å². The number of anilines is 1. The number of halogens is 1. The number of hydrogen-bond donors (Lipinski definition) is 1. The Morgan fingerprint density at radius 3 is 2.52 bits per heavy atom. The standard InChI is InChI=1S/C16H16ClNO3/c1-20-15(19)9-11-5-2-3-6-12(11)10-21-16-13(17)7-4-8-14(16)18/h2-8H,9-10,18H2,1H3. The summed E-state index contributed by atoms with van der Waals surface area (Å²) in [5, 5.41) is 0.459. The number of carbonyl (C=O) groups is 1. The molecule has 0 aliphatic heterocycles. The van der Waals surface area contributed by atoms with Crippen molar-refractivity contribution in [2.45, 2.75) is 13.0 Å². The molecule has 2 aromatic rings. The summed E-state index contributed by atoms with van der Waals surface area (Å²) in [7, 11) is 1.37. The van der Waals surface area contributed by atoms with Crippen LogP contribution < -0.4 is 10.5 Å². The van der Waals surface area contributed by atoms with Gasteiger partial charge in [-0.05, 0) is 23.3 Å². The molecule has 0 heterocycles. The van der Waals surface area contributed by atoms with E-state index >= 15 is 0 Å². The third-order valence-corrected chi connectivity index (χ3v) is 3.35. The number of rotatable bonds is 5. The van der Waals surface area contributed by atoms with Crippen LogP contribution in [0.25, 0.3) is 0 Å². The van der Waals surface area contributed by atoms with E-state index in [0.29, 0.717) is 16.5 Å². The summed E-state index contributed by atoms with van der Waals surface area (Å²) in [6.07, 6.45) is 0.202. The predicted molar refractivity (Wildman–Crippen MR) is 82.4 cm³/mol. The maximum atomic E-state index is 11.4. The molecular formula is C16H16ClNO3. The van der Waals surface area contributed by atoms with Gasteiger partial charge < -0.3 is 15.2 Å². The van der Waals surface area contributed by atoms with Gasteiger partial charge in [0.1, 0.15) is 6.61 Å². The maximum Gasteiger partial charge on any atom is 0.309 e. The predicted octanol–water partition coefficient (Wildman–Crippen LogP) is 3.22. The fourth-order valence-electron chi connectivity index (χ4n) is 1.93. The number of carbonyl (C=O) groups excluding carboxylic acids is 1. The van der Waals surface area contributed by atoms with Crippen LogP contribution in [-0.2, 0) is 22.6 Å². The molecule has 0 radical (unpaired) electrons. The lowest BCUT2D eigenvalue weighted by atomic mass is 10.1. The summed E-state index contributed by atoms with van der Waals surface area (Å²) >= 11 is 6.06. The van der Waals surface area contributed by atoms with Crippen molar-refractivity contribution in [2.75, 3.05) is 12.8 Å². The van der Waals surface area contributed by atoms with E-state index in [0.717, 1.165) is 11.1 Å². The molecule has 0 aromatic heterocycles. The molecule has 0 fully saturated rings. The van der Waals surface area contributed by atoms with Gasteiger partial charge in [-0.15, -0.1) is 0 Å². The number of nitrogens with two attached hydrogens (primary N) is 1. The van der Waals surface area contributed by atoms with E-state index in [1.807, 2.05) is 24.3 Å². The van der Waals surface area contributed by atoms with Gasteiger partial charge >= 0.3 is 5.97 Å². The first-order valence-corrected chi connectivity index (χ1v) is 6.80. The minimum Gasteiger partial charge on any atom is -0.485 e. The van der Waals surface area contributed by atoms with Gasteiger partial charge in [-0.1, -0.05) is 41.9 Å². The fraction of sp³-hybridized carbons (Fsp3) is 0.188. The summed E-state index contributed by atoms with van der Waals surface area (Å²) < 4.78 is 10.4. The zero-order chi connectivity index (χ0) is 15.2. The number of esters is 1. The summed E-state index contributed by atoms with van der Waals surface area (Å²) in [6.45, 7) is 0.279. The lowest BCUT2D eigenvalue weighted by molar-refractivity contribution is -0.139. The SMILES string of the molecule is COC(=O)Cc1ccccc1COc1c(N)cccc1Cl. The smallest absolute Gasteiger partial charge is 0.309 e. The Labute approximate surface area is 128 Å². The van der Waals surface area contributed by atoms with Crippen molar-refractivity contribution in [3.63, 3.8) is 0 Å². The number of benzene rings is 2. The van der Waals surface area contributed by atoms with Crippen LogP contribution in [0.4, 0.5) is 5.69 Å². The van der Waals surface area contributed by atoms with Crippen LogP contribution in [-0.4, -0.2) is 13.1 Å². The van der Waals surface area contributed by atoms with Gasteiger partial charge in [0.15, 0.2) is 5.75 Å². The summed E-state index contributed by atoms with van der Waals surface area (Å²) in [5.74, 6) is 0.159. The third kappa shape index (κ3) is 3.89. The Balaban J connectivity index is 2.15. The molecule has 0 aliphatic rings. The Morgan fingerprint density at radius 1 is 1.14 bits per heavy atom. The van der Waals surface area contributed by atoms with Crippen molar-refractivity contribution in [1.29, 1.82) is 0 Å². The highest BCUT2D eigenvalue weighted by atomic mass is 35.5. The van der Waals surface area contributed by atoms with E-state index < -0.39 is 0 Å². The largest absolute Gasteiger partial charge is 0.485 e. The van der Waals surface area contributed by atoms with Crippen LogP contribution in [0.3, 0.4) is 0 Å². The first kappa shape index (κ1) is 15.2. The summed E-state index contributed by atoms with van der Waals surface area (Å²) in [5.41, 5.74) is 8.07. The minimum atomic E-state index is -0.292. The summed E-state index contributed by atoms with van der Waals surface area (Å²) in [4.78, 5) is 11.4. The molecule has 110 valence electrons. The van der Waals surface area contributed by atoms with Gasteiger partial charge in [0, 0.05) is 0 Å². The van der Waals surface area contributed by atoms with E-state index in [9.17, 15) is 4.79 Å². The maximum absolute atomic E-state index is 11.4. The van der Waals surface area contributed by atoms with Crippen LogP contribution in [0, 0.1) is 0 Å². The molecule has 4 nitrogen and oxygen atoms in total. The first-order chi connectivity index (χ1) is 10.1. The molecule has 0 unspecified atom stereocenters. The lowest BCUT2D eigenvalue weighted by Gasteiger charge is -2.13. The normalized spacial score (nSPS) is 10.2. The third-order valence-electron chi connectivity index (χ3n) is 3.05. The second-order valence-corrected chi connectivity index (χ2v) is 4.88. The van der Waals surface area contributed by atoms with E-state index in [2.05, 4.69) is 4.74 Å². The Bertz CT molecular complexity index is 623. The molecular weight excluding hydrogens is 290 g/mol.